The van der Waals surface area contributed by atoms with Gasteiger partial charge in [0.05, 0.1) is 24.5 Å². The number of aliphatic carboxylic acids is 1. The zero-order valence-electron chi connectivity index (χ0n) is 10.8. The minimum Gasteiger partial charge on any atom is -0.493 e. The minimum atomic E-state index is -0.990. The number of benzene rings is 1. The van der Waals surface area contributed by atoms with E-state index in [0.29, 0.717) is 18.8 Å². The van der Waals surface area contributed by atoms with Gasteiger partial charge < -0.3 is 19.9 Å². The van der Waals surface area contributed by atoms with Gasteiger partial charge >= 0.3 is 5.97 Å². The van der Waals surface area contributed by atoms with Gasteiger partial charge in [-0.05, 0) is 6.07 Å². The summed E-state index contributed by atoms with van der Waals surface area (Å²) >= 11 is 0. The predicted molar refractivity (Wildman–Crippen MR) is 68.1 cm³/mol. The largest absolute Gasteiger partial charge is 0.493 e. The molecule has 1 heterocycles. The molecule has 0 bridgehead atoms. The molecule has 20 heavy (non-hydrogen) atoms. The lowest BCUT2D eigenvalue weighted by Crippen LogP contribution is -2.64. The predicted octanol–water partition coefficient (Wildman–Crippen LogP) is 0.799. The first-order valence-corrected chi connectivity index (χ1v) is 5.90. The molecular formula is C12H14N2O6. The van der Waals surface area contributed by atoms with Crippen LogP contribution in [0.4, 0.5) is 5.69 Å². The van der Waals surface area contributed by atoms with Gasteiger partial charge in [-0.2, -0.15) is 0 Å². The van der Waals surface area contributed by atoms with Crippen molar-refractivity contribution < 1.29 is 24.3 Å². The molecule has 8 nitrogen and oxygen atoms in total. The number of carboxylic acids is 1. The van der Waals surface area contributed by atoms with E-state index in [1.165, 1.54) is 25.3 Å². The van der Waals surface area contributed by atoms with Crippen molar-refractivity contribution in [3.05, 3.63) is 28.3 Å². The number of ether oxygens (including phenoxy) is 2. The van der Waals surface area contributed by atoms with Crippen molar-refractivity contribution in [1.29, 1.82) is 0 Å². The third-order valence-electron chi connectivity index (χ3n) is 3.05. The van der Waals surface area contributed by atoms with Crippen LogP contribution in [0.5, 0.6) is 11.5 Å². The number of nitro benzene ring substituents is 1. The molecular weight excluding hydrogens is 268 g/mol. The van der Waals surface area contributed by atoms with Crippen LogP contribution in [0.2, 0.25) is 0 Å². The van der Waals surface area contributed by atoms with Crippen molar-refractivity contribution in [2.45, 2.75) is 12.0 Å². The normalized spacial score (nSPS) is 16.1. The van der Waals surface area contributed by atoms with Crippen molar-refractivity contribution in [3.63, 3.8) is 0 Å². The number of nitrogens with one attached hydrogen (secondary N) is 1. The highest BCUT2D eigenvalue weighted by atomic mass is 16.6. The summed E-state index contributed by atoms with van der Waals surface area (Å²) in [7, 11) is 1.41. The second-order valence-electron chi connectivity index (χ2n) is 4.55. The summed E-state index contributed by atoms with van der Waals surface area (Å²) in [5.74, 6) is -0.493. The van der Waals surface area contributed by atoms with Gasteiger partial charge in [0.2, 0.25) is 0 Å². The fraction of sp³-hybridized carbons (Fsp3) is 0.417. The van der Waals surface area contributed by atoms with E-state index >= 15 is 0 Å². The molecule has 0 aliphatic carbocycles. The van der Waals surface area contributed by atoms with Crippen LogP contribution in [0.3, 0.4) is 0 Å². The quantitative estimate of drug-likeness (QED) is 0.586. The summed E-state index contributed by atoms with van der Waals surface area (Å²) in [5.41, 5.74) is -1.03. The Hall–Kier alpha value is -2.35. The van der Waals surface area contributed by atoms with Crippen LogP contribution >= 0.6 is 0 Å². The lowest BCUT2D eigenvalue weighted by Gasteiger charge is -2.41. The Kier molecular flexibility index (Phi) is 3.75. The number of rotatable bonds is 6. The van der Waals surface area contributed by atoms with E-state index < -0.39 is 16.5 Å². The van der Waals surface area contributed by atoms with Crippen molar-refractivity contribution in [2.24, 2.45) is 0 Å². The number of hydrogen-bond acceptors (Lipinski definition) is 6. The molecule has 0 saturated carbocycles. The van der Waals surface area contributed by atoms with Gasteiger partial charge in [-0.1, -0.05) is 0 Å². The smallest absolute Gasteiger partial charge is 0.307 e. The zero-order valence-corrected chi connectivity index (χ0v) is 10.8. The van der Waals surface area contributed by atoms with Crippen molar-refractivity contribution in [3.8, 4) is 11.5 Å². The second kappa shape index (κ2) is 5.33. The number of carboxylic acid groups (broad SMARTS) is 1. The topological polar surface area (TPSA) is 111 Å². The van der Waals surface area contributed by atoms with E-state index in [4.69, 9.17) is 14.6 Å². The van der Waals surface area contributed by atoms with Crippen molar-refractivity contribution in [1.82, 2.24) is 5.32 Å². The first kappa shape index (κ1) is 14.1. The lowest BCUT2D eigenvalue weighted by atomic mass is 9.92. The Morgan fingerprint density at radius 3 is 2.65 bits per heavy atom. The summed E-state index contributed by atoms with van der Waals surface area (Å²) in [4.78, 5) is 21.1. The second-order valence-corrected chi connectivity index (χ2v) is 4.55. The summed E-state index contributed by atoms with van der Waals surface area (Å²) in [6.07, 6.45) is -0.189. The lowest BCUT2D eigenvalue weighted by molar-refractivity contribution is -0.385. The molecule has 0 radical (unpaired) electrons. The maximum absolute atomic E-state index is 10.9. The Labute approximate surface area is 114 Å². The highest BCUT2D eigenvalue weighted by Gasteiger charge is 2.42. The van der Waals surface area contributed by atoms with Gasteiger partial charge in [0.1, 0.15) is 5.60 Å². The highest BCUT2D eigenvalue weighted by Crippen LogP contribution is 2.35. The molecule has 1 aliphatic heterocycles. The molecule has 2 rings (SSSR count). The molecule has 1 fully saturated rings. The summed E-state index contributed by atoms with van der Waals surface area (Å²) < 4.78 is 10.8. The number of nitro groups is 1. The number of hydrogen-bond donors (Lipinski definition) is 2. The zero-order chi connectivity index (χ0) is 14.8. The fourth-order valence-electron chi connectivity index (χ4n) is 2.00. The monoisotopic (exact) mass is 282 g/mol. The number of non-ortho nitro benzene ring substituents is 1. The van der Waals surface area contributed by atoms with E-state index in [1.54, 1.807) is 0 Å². The van der Waals surface area contributed by atoms with E-state index in [-0.39, 0.29) is 17.9 Å². The van der Waals surface area contributed by atoms with Gasteiger partial charge in [-0.25, -0.2) is 0 Å². The third-order valence-corrected chi connectivity index (χ3v) is 3.05. The van der Waals surface area contributed by atoms with E-state index in [2.05, 4.69) is 5.32 Å². The average Bonchev–Trinajstić information content (AvgIpc) is 2.35. The van der Waals surface area contributed by atoms with E-state index in [1.807, 2.05) is 0 Å². The van der Waals surface area contributed by atoms with Crippen LogP contribution in [0.25, 0.3) is 0 Å². The first-order valence-electron chi connectivity index (χ1n) is 5.90. The molecule has 0 aromatic heterocycles. The molecule has 0 amide bonds. The summed E-state index contributed by atoms with van der Waals surface area (Å²) in [6, 6.07) is 3.96. The molecule has 0 spiro atoms. The van der Waals surface area contributed by atoms with Crippen LogP contribution in [0.15, 0.2) is 18.2 Å². The Bertz CT molecular complexity index is 541. The van der Waals surface area contributed by atoms with Crippen LogP contribution < -0.4 is 14.8 Å². The minimum absolute atomic E-state index is 0.140. The molecule has 2 N–H and O–H groups in total. The molecule has 108 valence electrons. The van der Waals surface area contributed by atoms with Crippen molar-refractivity contribution >= 4 is 11.7 Å². The molecule has 0 unspecified atom stereocenters. The number of carbonyl (C=O) groups is 1. The molecule has 8 heteroatoms. The van der Waals surface area contributed by atoms with E-state index in [9.17, 15) is 14.9 Å². The summed E-state index contributed by atoms with van der Waals surface area (Å²) in [6.45, 7) is 0.732. The first-order chi connectivity index (χ1) is 9.46. The number of methoxy groups -OCH3 is 1. The Balaban J connectivity index is 2.28. The van der Waals surface area contributed by atoms with Crippen LogP contribution in [-0.4, -0.2) is 41.8 Å². The highest BCUT2D eigenvalue weighted by molar-refractivity contribution is 5.68. The molecule has 1 saturated heterocycles. The van der Waals surface area contributed by atoms with Gasteiger partial charge in [-0.15, -0.1) is 0 Å². The molecule has 0 atom stereocenters. The fourth-order valence-corrected chi connectivity index (χ4v) is 2.00. The van der Waals surface area contributed by atoms with Gasteiger partial charge in [0.25, 0.3) is 5.69 Å². The third kappa shape index (κ3) is 2.80. The Morgan fingerprint density at radius 2 is 2.20 bits per heavy atom. The summed E-state index contributed by atoms with van der Waals surface area (Å²) in [5, 5.41) is 22.6. The van der Waals surface area contributed by atoms with Gasteiger partial charge in [0, 0.05) is 19.2 Å². The van der Waals surface area contributed by atoms with Crippen molar-refractivity contribution in [2.75, 3.05) is 20.2 Å². The maximum atomic E-state index is 10.9. The van der Waals surface area contributed by atoms with Gasteiger partial charge in [-0.3, -0.25) is 14.9 Å². The average molecular weight is 282 g/mol. The van der Waals surface area contributed by atoms with E-state index in [0.717, 1.165) is 0 Å². The van der Waals surface area contributed by atoms with Crippen LogP contribution in [0, 0.1) is 10.1 Å². The molecule has 1 aliphatic rings. The number of nitrogens with zero attached hydrogens (tertiary/aromatic N) is 1. The van der Waals surface area contributed by atoms with Crippen LogP contribution in [-0.2, 0) is 4.79 Å². The molecule has 1 aromatic rings. The molecule has 1 aromatic carbocycles. The SMILES string of the molecule is COc1ccc([N+](=O)[O-])cc1OC1(CC(=O)O)CNC1. The van der Waals surface area contributed by atoms with Gasteiger partial charge in [0.15, 0.2) is 11.5 Å². The Morgan fingerprint density at radius 1 is 1.50 bits per heavy atom. The standard InChI is InChI=1S/C12H14N2O6/c1-19-9-3-2-8(14(17)18)4-10(9)20-12(5-11(15)16)6-13-7-12/h2-4,13H,5-7H2,1H3,(H,15,16). The maximum Gasteiger partial charge on any atom is 0.307 e. The van der Waals surface area contributed by atoms with Crippen LogP contribution in [0.1, 0.15) is 6.42 Å².